The Hall–Kier alpha value is -0.0800. The maximum absolute atomic E-state index is 5.04. The molecule has 1 rings (SSSR count). The second-order valence-electron chi connectivity index (χ2n) is 3.36. The molecule has 0 unspecified atom stereocenters. The van der Waals surface area contributed by atoms with E-state index in [1.165, 1.54) is 19.3 Å². The van der Waals surface area contributed by atoms with Crippen LogP contribution in [0, 0.1) is 0 Å². The molecular weight excluding hydrogens is 126 g/mol. The lowest BCUT2D eigenvalue weighted by Gasteiger charge is -2.22. The van der Waals surface area contributed by atoms with Gasteiger partial charge in [0.15, 0.2) is 0 Å². The van der Waals surface area contributed by atoms with E-state index in [1.54, 1.807) is 7.11 Å². The highest BCUT2D eigenvalue weighted by molar-refractivity contribution is 5.01. The zero-order valence-corrected chi connectivity index (χ0v) is 7.18. The molecule has 0 amide bonds. The van der Waals surface area contributed by atoms with Crippen LogP contribution < -0.4 is 0 Å². The van der Waals surface area contributed by atoms with Gasteiger partial charge in [-0.2, -0.15) is 0 Å². The lowest BCUT2D eigenvalue weighted by Crippen LogP contribution is -2.30. The topological polar surface area (TPSA) is 12.5 Å². The summed E-state index contributed by atoms with van der Waals surface area (Å²) in [6.45, 7) is 0.901. The Kier molecular flexibility index (Phi) is 2.32. The smallest absolute Gasteiger partial charge is 0.0479 e. The third-order valence-electron chi connectivity index (χ3n) is 2.55. The summed E-state index contributed by atoms with van der Waals surface area (Å²) in [6, 6.07) is 0. The van der Waals surface area contributed by atoms with Crippen molar-refractivity contribution in [3.63, 3.8) is 0 Å². The summed E-state index contributed by atoms with van der Waals surface area (Å²) >= 11 is 0. The molecule has 1 saturated carbocycles. The Morgan fingerprint density at radius 3 is 2.30 bits per heavy atom. The summed E-state index contributed by atoms with van der Waals surface area (Å²) in [7, 11) is 6.08. The van der Waals surface area contributed by atoms with Crippen LogP contribution in [0.3, 0.4) is 0 Å². The van der Waals surface area contributed by atoms with Gasteiger partial charge in [-0.15, -0.1) is 0 Å². The van der Waals surface area contributed by atoms with Crippen LogP contribution in [-0.2, 0) is 4.74 Å². The largest absolute Gasteiger partial charge is 0.385 e. The lowest BCUT2D eigenvalue weighted by atomic mass is 10.2. The molecule has 1 fully saturated rings. The summed E-state index contributed by atoms with van der Waals surface area (Å²) in [5.74, 6) is 0. The molecule has 0 heterocycles. The van der Waals surface area contributed by atoms with Gasteiger partial charge in [-0.1, -0.05) is 0 Å². The molecule has 2 nitrogen and oxygen atoms in total. The quantitative estimate of drug-likeness (QED) is 0.584. The fourth-order valence-corrected chi connectivity index (χ4v) is 1.36. The summed E-state index contributed by atoms with van der Waals surface area (Å²) in [5.41, 5.74) is 0.510. The number of nitrogens with zero attached hydrogens (tertiary/aromatic N) is 1. The van der Waals surface area contributed by atoms with Gasteiger partial charge in [0, 0.05) is 19.3 Å². The Bertz CT molecular complexity index is 108. The van der Waals surface area contributed by atoms with Crippen molar-refractivity contribution in [1.82, 2.24) is 4.90 Å². The molecule has 0 aliphatic heterocycles. The minimum absolute atomic E-state index is 0.510. The van der Waals surface area contributed by atoms with E-state index >= 15 is 0 Å². The van der Waals surface area contributed by atoms with Gasteiger partial charge in [0.2, 0.25) is 0 Å². The molecule has 60 valence electrons. The summed E-state index contributed by atoms with van der Waals surface area (Å²) in [4.78, 5) is 2.33. The van der Waals surface area contributed by atoms with Crippen molar-refractivity contribution in [2.24, 2.45) is 0 Å². The molecule has 0 aromatic rings. The average Bonchev–Trinajstić information content (AvgIpc) is 2.64. The van der Waals surface area contributed by atoms with Gasteiger partial charge >= 0.3 is 0 Å². The van der Waals surface area contributed by atoms with Gasteiger partial charge in [-0.3, -0.25) is 0 Å². The van der Waals surface area contributed by atoms with Gasteiger partial charge in [-0.05, 0) is 33.4 Å². The zero-order chi connectivity index (χ0) is 7.61. The molecule has 1 aliphatic carbocycles. The van der Waals surface area contributed by atoms with Gasteiger partial charge in [0.25, 0.3) is 0 Å². The van der Waals surface area contributed by atoms with Crippen LogP contribution in [-0.4, -0.2) is 38.3 Å². The first kappa shape index (κ1) is 8.02. The lowest BCUT2D eigenvalue weighted by molar-refractivity contribution is 0.148. The number of hydrogen-bond donors (Lipinski definition) is 0. The Morgan fingerprint density at radius 1 is 1.40 bits per heavy atom. The molecule has 0 aromatic heterocycles. The maximum Gasteiger partial charge on any atom is 0.0479 e. The standard InChI is InChI=1S/C8H17NO/c1-9(2)8(4-5-8)6-7-10-3/h4-7H2,1-3H3. The monoisotopic (exact) mass is 143 g/mol. The predicted octanol–water partition coefficient (Wildman–Crippen LogP) is 1.12. The SMILES string of the molecule is COCCC1(N(C)C)CC1. The molecule has 0 spiro atoms. The van der Waals surface area contributed by atoms with E-state index in [1.807, 2.05) is 0 Å². The van der Waals surface area contributed by atoms with Crippen molar-refractivity contribution in [2.75, 3.05) is 27.8 Å². The molecule has 0 bridgehead atoms. The molecule has 0 aromatic carbocycles. The first-order valence-electron chi connectivity index (χ1n) is 3.88. The number of ether oxygens (including phenoxy) is 1. The van der Waals surface area contributed by atoms with Crippen LogP contribution >= 0.6 is 0 Å². The van der Waals surface area contributed by atoms with Crippen LogP contribution in [0.1, 0.15) is 19.3 Å². The minimum atomic E-state index is 0.510. The molecule has 10 heavy (non-hydrogen) atoms. The third-order valence-corrected chi connectivity index (χ3v) is 2.55. The van der Waals surface area contributed by atoms with E-state index in [4.69, 9.17) is 4.74 Å². The van der Waals surface area contributed by atoms with Gasteiger partial charge in [0.1, 0.15) is 0 Å². The van der Waals surface area contributed by atoms with E-state index < -0.39 is 0 Å². The van der Waals surface area contributed by atoms with E-state index in [0.29, 0.717) is 5.54 Å². The van der Waals surface area contributed by atoms with Crippen molar-refractivity contribution in [2.45, 2.75) is 24.8 Å². The summed E-state index contributed by atoms with van der Waals surface area (Å²) < 4.78 is 5.04. The summed E-state index contributed by atoms with van der Waals surface area (Å²) in [6.07, 6.45) is 3.89. The third kappa shape index (κ3) is 1.50. The first-order chi connectivity index (χ1) is 4.71. The fraction of sp³-hybridized carbons (Fsp3) is 1.00. The Morgan fingerprint density at radius 2 is 2.00 bits per heavy atom. The molecule has 0 atom stereocenters. The maximum atomic E-state index is 5.04. The van der Waals surface area contributed by atoms with E-state index in [9.17, 15) is 0 Å². The number of methoxy groups -OCH3 is 1. The molecule has 0 N–H and O–H groups in total. The van der Waals surface area contributed by atoms with Crippen molar-refractivity contribution < 1.29 is 4.74 Å². The van der Waals surface area contributed by atoms with Gasteiger partial charge in [0.05, 0.1) is 0 Å². The highest BCUT2D eigenvalue weighted by Crippen LogP contribution is 2.42. The van der Waals surface area contributed by atoms with Crippen LogP contribution in [0.25, 0.3) is 0 Å². The van der Waals surface area contributed by atoms with Crippen molar-refractivity contribution in [1.29, 1.82) is 0 Å². The van der Waals surface area contributed by atoms with Gasteiger partial charge in [-0.25, -0.2) is 0 Å². The van der Waals surface area contributed by atoms with E-state index in [0.717, 1.165) is 6.61 Å². The number of rotatable bonds is 4. The molecule has 1 aliphatic rings. The highest BCUT2D eigenvalue weighted by atomic mass is 16.5. The van der Waals surface area contributed by atoms with Crippen LogP contribution in [0.15, 0.2) is 0 Å². The first-order valence-corrected chi connectivity index (χ1v) is 3.88. The summed E-state index contributed by atoms with van der Waals surface area (Å²) in [5, 5.41) is 0. The Balaban J connectivity index is 2.24. The molecule has 0 saturated heterocycles. The Labute approximate surface area is 63.2 Å². The second kappa shape index (κ2) is 2.89. The predicted molar refractivity (Wildman–Crippen MR) is 42.1 cm³/mol. The van der Waals surface area contributed by atoms with E-state index in [-0.39, 0.29) is 0 Å². The van der Waals surface area contributed by atoms with Crippen molar-refractivity contribution in [3.8, 4) is 0 Å². The normalized spacial score (nSPS) is 21.6. The van der Waals surface area contributed by atoms with Crippen LogP contribution in [0.2, 0.25) is 0 Å². The van der Waals surface area contributed by atoms with Crippen molar-refractivity contribution in [3.05, 3.63) is 0 Å². The van der Waals surface area contributed by atoms with E-state index in [2.05, 4.69) is 19.0 Å². The molecule has 0 radical (unpaired) electrons. The zero-order valence-electron chi connectivity index (χ0n) is 7.18. The number of hydrogen-bond acceptors (Lipinski definition) is 2. The molecular formula is C8H17NO. The second-order valence-corrected chi connectivity index (χ2v) is 3.36. The highest BCUT2D eigenvalue weighted by Gasteiger charge is 2.43. The fourth-order valence-electron chi connectivity index (χ4n) is 1.36. The van der Waals surface area contributed by atoms with Gasteiger partial charge < -0.3 is 9.64 Å². The van der Waals surface area contributed by atoms with Crippen molar-refractivity contribution >= 4 is 0 Å². The van der Waals surface area contributed by atoms with Crippen LogP contribution in [0.5, 0.6) is 0 Å². The minimum Gasteiger partial charge on any atom is -0.385 e. The van der Waals surface area contributed by atoms with Crippen LogP contribution in [0.4, 0.5) is 0 Å². The molecule has 2 heteroatoms. The average molecular weight is 143 g/mol.